The van der Waals surface area contributed by atoms with Gasteiger partial charge in [-0.2, -0.15) is 10.4 Å². The molecule has 0 aliphatic carbocycles. The molecule has 0 bridgehead atoms. The summed E-state index contributed by atoms with van der Waals surface area (Å²) >= 11 is 6.29. The summed E-state index contributed by atoms with van der Waals surface area (Å²) in [6.07, 6.45) is 1.52. The van der Waals surface area contributed by atoms with Gasteiger partial charge in [-0.15, -0.1) is 0 Å². The summed E-state index contributed by atoms with van der Waals surface area (Å²) in [4.78, 5) is 15.2. The van der Waals surface area contributed by atoms with Crippen molar-refractivity contribution in [2.24, 2.45) is 0 Å². The lowest BCUT2D eigenvalue weighted by molar-refractivity contribution is -0.384. The van der Waals surface area contributed by atoms with E-state index >= 15 is 0 Å². The zero-order chi connectivity index (χ0) is 17.4. The summed E-state index contributed by atoms with van der Waals surface area (Å²) in [5.74, 6) is 0.0497. The van der Waals surface area contributed by atoms with Crippen molar-refractivity contribution in [3.63, 3.8) is 0 Å². The SMILES string of the molecule is CC(C)c1nn(-c2cccc(C#N)c2[N+](=O)[O-])c2nccc(Cl)c12. The van der Waals surface area contributed by atoms with E-state index < -0.39 is 4.92 Å². The minimum atomic E-state index is -0.582. The quantitative estimate of drug-likeness (QED) is 0.530. The van der Waals surface area contributed by atoms with Gasteiger partial charge < -0.3 is 0 Å². The topological polar surface area (TPSA) is 97.6 Å². The van der Waals surface area contributed by atoms with Gasteiger partial charge in [0.05, 0.1) is 21.0 Å². The van der Waals surface area contributed by atoms with Crippen molar-refractivity contribution >= 4 is 28.3 Å². The molecule has 2 heterocycles. The third kappa shape index (κ3) is 2.37. The lowest BCUT2D eigenvalue weighted by Gasteiger charge is -2.05. The van der Waals surface area contributed by atoms with Crippen molar-refractivity contribution in [3.8, 4) is 11.8 Å². The first-order chi connectivity index (χ1) is 11.5. The van der Waals surface area contributed by atoms with Gasteiger partial charge in [0.1, 0.15) is 17.3 Å². The Hall–Kier alpha value is -2.98. The highest BCUT2D eigenvalue weighted by Crippen LogP contribution is 2.34. The molecule has 24 heavy (non-hydrogen) atoms. The standard InChI is InChI=1S/C16H12ClN5O2/c1-9(2)14-13-11(17)6-7-19-16(13)21(20-14)12-5-3-4-10(8-18)15(12)22(23)24/h3-7,9H,1-2H3. The molecule has 3 aromatic rings. The molecule has 0 spiro atoms. The van der Waals surface area contributed by atoms with Crippen molar-refractivity contribution < 1.29 is 4.92 Å². The number of halogens is 1. The summed E-state index contributed by atoms with van der Waals surface area (Å²) in [6.45, 7) is 3.91. The fourth-order valence-electron chi connectivity index (χ4n) is 2.59. The van der Waals surface area contributed by atoms with Crippen molar-refractivity contribution in [1.29, 1.82) is 5.26 Å². The van der Waals surface area contributed by atoms with Gasteiger partial charge in [-0.1, -0.05) is 31.5 Å². The lowest BCUT2D eigenvalue weighted by atomic mass is 10.1. The predicted molar refractivity (Wildman–Crippen MR) is 89.3 cm³/mol. The Kier molecular flexibility index (Phi) is 3.91. The highest BCUT2D eigenvalue weighted by atomic mass is 35.5. The number of benzene rings is 1. The van der Waals surface area contributed by atoms with Crippen LogP contribution >= 0.6 is 11.6 Å². The van der Waals surface area contributed by atoms with E-state index in [0.717, 1.165) is 0 Å². The summed E-state index contributed by atoms with van der Waals surface area (Å²) < 4.78 is 1.38. The van der Waals surface area contributed by atoms with Crippen LogP contribution in [0.3, 0.4) is 0 Å². The van der Waals surface area contributed by atoms with E-state index in [0.29, 0.717) is 21.7 Å². The number of para-hydroxylation sites is 1. The molecule has 0 unspecified atom stereocenters. The molecule has 3 rings (SSSR count). The molecule has 8 heteroatoms. The molecule has 0 saturated heterocycles. The molecule has 0 N–H and O–H groups in total. The van der Waals surface area contributed by atoms with Gasteiger partial charge in [0, 0.05) is 6.20 Å². The first-order valence-electron chi connectivity index (χ1n) is 7.16. The Bertz CT molecular complexity index is 1000. The maximum atomic E-state index is 11.5. The second kappa shape index (κ2) is 5.91. The Morgan fingerprint density at radius 3 is 2.75 bits per heavy atom. The Morgan fingerprint density at radius 1 is 1.38 bits per heavy atom. The molecule has 2 aromatic heterocycles. The van der Waals surface area contributed by atoms with Crippen molar-refractivity contribution in [2.45, 2.75) is 19.8 Å². The van der Waals surface area contributed by atoms with Gasteiger partial charge >= 0.3 is 5.69 Å². The summed E-state index contributed by atoms with van der Waals surface area (Å²) in [6, 6.07) is 8.02. The zero-order valence-corrected chi connectivity index (χ0v) is 13.7. The molecule has 0 aliphatic heterocycles. The molecule has 0 saturated carbocycles. The van der Waals surface area contributed by atoms with E-state index in [1.807, 2.05) is 19.9 Å². The molecule has 0 aliphatic rings. The average molecular weight is 342 g/mol. The number of nitrogens with zero attached hydrogens (tertiary/aromatic N) is 5. The molecule has 0 radical (unpaired) electrons. The fraction of sp³-hybridized carbons (Fsp3) is 0.188. The number of aromatic nitrogens is 3. The van der Waals surface area contributed by atoms with Crippen molar-refractivity contribution in [2.75, 3.05) is 0 Å². The van der Waals surface area contributed by atoms with E-state index in [1.54, 1.807) is 12.1 Å². The number of nitro groups is 1. The largest absolute Gasteiger partial charge is 0.312 e. The van der Waals surface area contributed by atoms with Crippen molar-refractivity contribution in [1.82, 2.24) is 14.8 Å². The van der Waals surface area contributed by atoms with Crippen LogP contribution in [0, 0.1) is 21.4 Å². The highest BCUT2D eigenvalue weighted by Gasteiger charge is 2.25. The van der Waals surface area contributed by atoms with E-state index in [1.165, 1.54) is 23.0 Å². The van der Waals surface area contributed by atoms with Crippen LogP contribution in [-0.2, 0) is 0 Å². The van der Waals surface area contributed by atoms with Crippen LogP contribution in [0.15, 0.2) is 30.5 Å². The van der Waals surface area contributed by atoms with Gasteiger partial charge in [0.25, 0.3) is 0 Å². The van der Waals surface area contributed by atoms with Crippen LogP contribution in [0.1, 0.15) is 31.0 Å². The Morgan fingerprint density at radius 2 is 2.12 bits per heavy atom. The second-order valence-electron chi connectivity index (χ2n) is 5.49. The number of pyridine rings is 1. The zero-order valence-electron chi connectivity index (χ0n) is 12.9. The molecule has 7 nitrogen and oxygen atoms in total. The Labute approximate surface area is 142 Å². The van der Waals surface area contributed by atoms with Gasteiger partial charge in [-0.3, -0.25) is 10.1 Å². The average Bonchev–Trinajstić information content (AvgIpc) is 2.95. The number of fused-ring (bicyclic) bond motifs is 1. The first-order valence-corrected chi connectivity index (χ1v) is 7.54. The van der Waals surface area contributed by atoms with Gasteiger partial charge in [0.15, 0.2) is 5.65 Å². The van der Waals surface area contributed by atoms with Crippen LogP contribution in [0.2, 0.25) is 5.02 Å². The minimum absolute atomic E-state index is 0.0331. The van der Waals surface area contributed by atoms with E-state index in [2.05, 4.69) is 10.1 Å². The normalized spacial score (nSPS) is 11.0. The molecular formula is C16H12ClN5O2. The highest BCUT2D eigenvalue weighted by molar-refractivity contribution is 6.35. The van der Waals surface area contributed by atoms with Crippen molar-refractivity contribution in [3.05, 3.63) is 56.9 Å². The predicted octanol–water partition coefficient (Wildman–Crippen LogP) is 3.98. The van der Waals surface area contributed by atoms with Crippen LogP contribution < -0.4 is 0 Å². The van der Waals surface area contributed by atoms with Gasteiger partial charge in [-0.25, -0.2) is 9.67 Å². The van der Waals surface area contributed by atoms with Crippen LogP contribution in [0.5, 0.6) is 0 Å². The summed E-state index contributed by atoms with van der Waals surface area (Å²) in [5, 5.41) is 26.3. The van der Waals surface area contributed by atoms with E-state index in [-0.39, 0.29) is 22.9 Å². The molecule has 0 amide bonds. The smallest absolute Gasteiger partial charge is 0.258 e. The molecule has 0 atom stereocenters. The maximum Gasteiger partial charge on any atom is 0.312 e. The lowest BCUT2D eigenvalue weighted by Crippen LogP contribution is -2.05. The Balaban J connectivity index is 2.43. The molecule has 1 aromatic carbocycles. The van der Waals surface area contributed by atoms with Crippen LogP contribution in [0.25, 0.3) is 16.7 Å². The minimum Gasteiger partial charge on any atom is -0.258 e. The number of nitriles is 1. The van der Waals surface area contributed by atoms with Gasteiger partial charge in [0.2, 0.25) is 0 Å². The monoisotopic (exact) mass is 341 g/mol. The van der Waals surface area contributed by atoms with Gasteiger partial charge in [-0.05, 0) is 24.1 Å². The molecular weight excluding hydrogens is 330 g/mol. The molecule has 120 valence electrons. The summed E-state index contributed by atoms with van der Waals surface area (Å²) in [7, 11) is 0. The maximum absolute atomic E-state index is 11.5. The third-order valence-corrected chi connectivity index (χ3v) is 3.95. The number of hydrogen-bond donors (Lipinski definition) is 0. The molecule has 0 fully saturated rings. The first kappa shape index (κ1) is 15.9. The van der Waals surface area contributed by atoms with E-state index in [4.69, 9.17) is 16.9 Å². The number of nitro benzene ring substituents is 1. The second-order valence-corrected chi connectivity index (χ2v) is 5.89. The number of hydrogen-bond acceptors (Lipinski definition) is 5. The fourth-order valence-corrected chi connectivity index (χ4v) is 2.82. The van der Waals surface area contributed by atoms with Crippen LogP contribution in [0.4, 0.5) is 5.69 Å². The number of rotatable bonds is 3. The van der Waals surface area contributed by atoms with Crippen LogP contribution in [-0.4, -0.2) is 19.7 Å². The third-order valence-electron chi connectivity index (χ3n) is 3.64. The van der Waals surface area contributed by atoms with E-state index in [9.17, 15) is 10.1 Å². The summed E-state index contributed by atoms with van der Waals surface area (Å²) in [5.41, 5.74) is 0.964.